The molecule has 0 unspecified atom stereocenters. The highest BCUT2D eigenvalue weighted by molar-refractivity contribution is 6.17. The summed E-state index contributed by atoms with van der Waals surface area (Å²) >= 11 is 5.48. The Hall–Kier alpha value is -0.230. The molecular formula is C15H29Cl. The summed E-state index contributed by atoms with van der Waals surface area (Å²) in [7, 11) is 0. The highest BCUT2D eigenvalue weighted by atomic mass is 35.5. The molecule has 0 N–H and O–H groups in total. The van der Waals surface area contributed by atoms with Crippen LogP contribution < -0.4 is 0 Å². The van der Waals surface area contributed by atoms with Gasteiger partial charge in [0.1, 0.15) is 0 Å². The van der Waals surface area contributed by atoms with Crippen LogP contribution in [0.4, 0.5) is 0 Å². The second-order valence-corrected chi connectivity index (χ2v) is 4.22. The predicted octanol–water partition coefficient (Wildman–Crippen LogP) is 6.11. The van der Waals surface area contributed by atoms with E-state index in [1.165, 1.54) is 44.9 Å². The summed E-state index contributed by atoms with van der Waals surface area (Å²) in [6, 6.07) is 0. The van der Waals surface area contributed by atoms with Gasteiger partial charge in [0.15, 0.2) is 0 Å². The van der Waals surface area contributed by atoms with Crippen molar-refractivity contribution in [3.05, 3.63) is 24.3 Å². The lowest BCUT2D eigenvalue weighted by atomic mass is 10.2. The van der Waals surface area contributed by atoms with Crippen LogP contribution in [-0.2, 0) is 0 Å². The van der Waals surface area contributed by atoms with Gasteiger partial charge in [-0.05, 0) is 19.8 Å². The van der Waals surface area contributed by atoms with Gasteiger partial charge in [-0.1, -0.05) is 70.3 Å². The van der Waals surface area contributed by atoms with Crippen molar-refractivity contribution in [3.63, 3.8) is 0 Å². The summed E-state index contributed by atoms with van der Waals surface area (Å²) in [6.45, 7) is 6.43. The van der Waals surface area contributed by atoms with E-state index in [0.29, 0.717) is 0 Å². The van der Waals surface area contributed by atoms with E-state index in [0.717, 1.165) is 5.88 Å². The van der Waals surface area contributed by atoms with E-state index in [1.54, 1.807) is 0 Å². The number of hydrogen-bond donors (Lipinski definition) is 0. The first kappa shape index (κ1) is 18.1. The molecule has 0 rings (SSSR count). The number of hydrogen-bond acceptors (Lipinski definition) is 0. The molecule has 0 fully saturated rings. The van der Waals surface area contributed by atoms with Crippen LogP contribution in [0.3, 0.4) is 0 Å². The molecule has 0 aliphatic carbocycles. The van der Waals surface area contributed by atoms with Crippen LogP contribution in [0.1, 0.15) is 65.7 Å². The minimum atomic E-state index is 0.837. The lowest BCUT2D eigenvalue weighted by Crippen LogP contribution is -1.76. The number of alkyl halides is 1. The lowest BCUT2D eigenvalue weighted by molar-refractivity contribution is 0.658. The van der Waals surface area contributed by atoms with Gasteiger partial charge in [0, 0.05) is 5.88 Å². The molecule has 0 aromatic heterocycles. The van der Waals surface area contributed by atoms with E-state index in [4.69, 9.17) is 11.6 Å². The normalized spacial score (nSPS) is 10.8. The van der Waals surface area contributed by atoms with E-state index in [2.05, 4.69) is 32.1 Å². The molecule has 0 aliphatic heterocycles. The zero-order valence-electron chi connectivity index (χ0n) is 11.3. The molecule has 0 saturated carbocycles. The maximum Gasteiger partial charge on any atom is 0.0223 e. The van der Waals surface area contributed by atoms with Crippen LogP contribution in [0.25, 0.3) is 0 Å². The second kappa shape index (κ2) is 20.2. The molecule has 0 nitrogen and oxygen atoms in total. The standard InChI is InChI=1S/C8H14.C7H15Cl/c1-3-5-7-8-6-4-2;1-2-3-4-5-6-7-8/h3,5,7-8H,4,6H2,1-2H3;2-7H2,1H3/b5-3+,8-7+;. The van der Waals surface area contributed by atoms with Crippen LogP contribution >= 0.6 is 11.6 Å². The molecule has 0 atom stereocenters. The summed E-state index contributed by atoms with van der Waals surface area (Å²) in [6.07, 6.45) is 17.4. The zero-order chi connectivity index (χ0) is 12.5. The van der Waals surface area contributed by atoms with Gasteiger partial charge in [-0.15, -0.1) is 11.6 Å². The molecule has 0 bridgehead atoms. The van der Waals surface area contributed by atoms with Gasteiger partial charge < -0.3 is 0 Å². The highest BCUT2D eigenvalue weighted by Crippen LogP contribution is 2.02. The maximum absolute atomic E-state index is 5.48. The third kappa shape index (κ3) is 23.5. The van der Waals surface area contributed by atoms with E-state index in [-0.39, 0.29) is 0 Å². The van der Waals surface area contributed by atoms with Crippen molar-refractivity contribution in [1.29, 1.82) is 0 Å². The molecule has 0 aromatic carbocycles. The monoisotopic (exact) mass is 244 g/mol. The fourth-order valence-corrected chi connectivity index (χ4v) is 1.34. The van der Waals surface area contributed by atoms with Gasteiger partial charge in [0.25, 0.3) is 0 Å². The molecule has 0 heterocycles. The Morgan fingerprint density at radius 3 is 2.06 bits per heavy atom. The van der Waals surface area contributed by atoms with Gasteiger partial charge in [0.2, 0.25) is 0 Å². The summed E-state index contributed by atoms with van der Waals surface area (Å²) in [5.41, 5.74) is 0. The average Bonchev–Trinajstić information content (AvgIpc) is 2.31. The molecule has 0 radical (unpaired) electrons. The Balaban J connectivity index is 0. The van der Waals surface area contributed by atoms with Crippen LogP contribution in [0.5, 0.6) is 0 Å². The largest absolute Gasteiger partial charge is 0.127 e. The summed E-state index contributed by atoms with van der Waals surface area (Å²) in [5.74, 6) is 0.837. The highest BCUT2D eigenvalue weighted by Gasteiger charge is 1.84. The smallest absolute Gasteiger partial charge is 0.0223 e. The zero-order valence-corrected chi connectivity index (χ0v) is 12.1. The van der Waals surface area contributed by atoms with Gasteiger partial charge >= 0.3 is 0 Å². The van der Waals surface area contributed by atoms with Crippen molar-refractivity contribution in [2.24, 2.45) is 0 Å². The molecule has 0 aromatic rings. The molecular weight excluding hydrogens is 216 g/mol. The summed E-state index contributed by atoms with van der Waals surface area (Å²) in [4.78, 5) is 0. The van der Waals surface area contributed by atoms with Crippen LogP contribution in [0.15, 0.2) is 24.3 Å². The Bertz CT molecular complexity index is 142. The Labute approximate surface area is 108 Å². The first-order valence-electron chi connectivity index (χ1n) is 6.67. The van der Waals surface area contributed by atoms with E-state index in [9.17, 15) is 0 Å². The summed E-state index contributed by atoms with van der Waals surface area (Å²) < 4.78 is 0. The van der Waals surface area contributed by atoms with Crippen molar-refractivity contribution in [2.75, 3.05) is 5.88 Å². The van der Waals surface area contributed by atoms with Crippen LogP contribution in [-0.4, -0.2) is 5.88 Å². The fourth-order valence-electron chi connectivity index (χ4n) is 1.15. The van der Waals surface area contributed by atoms with Crippen molar-refractivity contribution >= 4 is 11.6 Å². The molecule has 16 heavy (non-hydrogen) atoms. The molecule has 0 spiro atoms. The number of halogens is 1. The van der Waals surface area contributed by atoms with E-state index < -0.39 is 0 Å². The van der Waals surface area contributed by atoms with Crippen molar-refractivity contribution < 1.29 is 0 Å². The van der Waals surface area contributed by atoms with Crippen molar-refractivity contribution in [1.82, 2.24) is 0 Å². The van der Waals surface area contributed by atoms with Crippen LogP contribution in [0, 0.1) is 0 Å². The maximum atomic E-state index is 5.48. The van der Waals surface area contributed by atoms with E-state index in [1.807, 2.05) is 13.0 Å². The quantitative estimate of drug-likeness (QED) is 0.274. The van der Waals surface area contributed by atoms with Gasteiger partial charge in [-0.25, -0.2) is 0 Å². The van der Waals surface area contributed by atoms with Gasteiger partial charge in [-0.2, -0.15) is 0 Å². The molecule has 1 heteroatoms. The predicted molar refractivity (Wildman–Crippen MR) is 78.3 cm³/mol. The molecule has 96 valence electrons. The number of allylic oxidation sites excluding steroid dienone is 4. The van der Waals surface area contributed by atoms with Gasteiger partial charge in [-0.3, -0.25) is 0 Å². The minimum Gasteiger partial charge on any atom is -0.127 e. The molecule has 0 amide bonds. The number of unbranched alkanes of at least 4 members (excludes halogenated alkanes) is 5. The Kier molecular flexibility index (Phi) is 22.9. The Morgan fingerprint density at radius 2 is 1.56 bits per heavy atom. The second-order valence-electron chi connectivity index (χ2n) is 3.85. The molecule has 0 aliphatic rings. The van der Waals surface area contributed by atoms with Crippen molar-refractivity contribution in [3.8, 4) is 0 Å². The summed E-state index contributed by atoms with van der Waals surface area (Å²) in [5, 5.41) is 0. The Morgan fingerprint density at radius 1 is 0.875 bits per heavy atom. The first-order valence-corrected chi connectivity index (χ1v) is 7.20. The molecule has 0 saturated heterocycles. The topological polar surface area (TPSA) is 0 Å². The number of rotatable bonds is 8. The van der Waals surface area contributed by atoms with Crippen molar-refractivity contribution in [2.45, 2.75) is 65.7 Å². The van der Waals surface area contributed by atoms with E-state index >= 15 is 0 Å². The SMILES string of the molecule is C/C=C/C=C/CCC.CCCCCCCCl. The van der Waals surface area contributed by atoms with Gasteiger partial charge in [0.05, 0.1) is 0 Å². The lowest BCUT2D eigenvalue weighted by Gasteiger charge is -1.93. The first-order chi connectivity index (χ1) is 7.83. The fraction of sp³-hybridized carbons (Fsp3) is 0.733. The minimum absolute atomic E-state index is 0.837. The average molecular weight is 245 g/mol. The van der Waals surface area contributed by atoms with Crippen LogP contribution in [0.2, 0.25) is 0 Å². The third-order valence-corrected chi connectivity index (χ3v) is 2.40. The third-order valence-electron chi connectivity index (χ3n) is 2.13.